The average Bonchev–Trinajstić information content (AvgIpc) is 2.38. The van der Waals surface area contributed by atoms with E-state index in [0.717, 1.165) is 30.4 Å². The highest BCUT2D eigenvalue weighted by Crippen LogP contribution is 2.28. The normalized spacial score (nSPS) is 22.1. The summed E-state index contributed by atoms with van der Waals surface area (Å²) in [6.07, 6.45) is 2.43. The number of piperidine rings is 1. The van der Waals surface area contributed by atoms with Gasteiger partial charge in [0.2, 0.25) is 0 Å². The van der Waals surface area contributed by atoms with Crippen molar-refractivity contribution in [2.75, 3.05) is 13.1 Å². The summed E-state index contributed by atoms with van der Waals surface area (Å²) in [5.74, 6) is -0.382. The van der Waals surface area contributed by atoms with Gasteiger partial charge in [0.15, 0.2) is 0 Å². The van der Waals surface area contributed by atoms with Gasteiger partial charge >= 0.3 is 5.97 Å². The highest BCUT2D eigenvalue weighted by atomic mass is 79.9. The standard InChI is InChI=1S/C15H20BrNO2/c1-11(13-4-6-14(16)7-5-13)17-8-2-3-12(10-17)9-15(18)19/h4-7,11-12H,2-3,8-10H2,1H3,(H,18,19). The van der Waals surface area contributed by atoms with E-state index in [-0.39, 0.29) is 0 Å². The van der Waals surface area contributed by atoms with Gasteiger partial charge in [-0.3, -0.25) is 9.69 Å². The number of hydrogen-bond acceptors (Lipinski definition) is 2. The Morgan fingerprint density at radius 2 is 2.16 bits per heavy atom. The Hall–Kier alpha value is -0.870. The SMILES string of the molecule is CC(c1ccc(Br)cc1)N1CCCC(CC(=O)O)C1. The van der Waals surface area contributed by atoms with Crippen LogP contribution in [0.5, 0.6) is 0 Å². The molecule has 0 aromatic heterocycles. The first-order valence-electron chi connectivity index (χ1n) is 6.77. The number of carbonyl (C=O) groups is 1. The van der Waals surface area contributed by atoms with Crippen molar-refractivity contribution in [3.05, 3.63) is 34.3 Å². The molecule has 1 heterocycles. The maximum absolute atomic E-state index is 10.8. The molecule has 104 valence electrons. The lowest BCUT2D eigenvalue weighted by molar-refractivity contribution is -0.138. The van der Waals surface area contributed by atoms with Gasteiger partial charge < -0.3 is 5.11 Å². The molecule has 1 aliphatic heterocycles. The van der Waals surface area contributed by atoms with E-state index in [1.165, 1.54) is 5.56 Å². The van der Waals surface area contributed by atoms with Crippen LogP contribution >= 0.6 is 15.9 Å². The van der Waals surface area contributed by atoms with Crippen LogP contribution in [-0.4, -0.2) is 29.1 Å². The quantitative estimate of drug-likeness (QED) is 0.917. The molecule has 1 aliphatic rings. The Morgan fingerprint density at radius 3 is 2.79 bits per heavy atom. The molecular weight excluding hydrogens is 306 g/mol. The maximum atomic E-state index is 10.8. The van der Waals surface area contributed by atoms with E-state index in [1.54, 1.807) is 0 Å². The number of carboxylic acid groups (broad SMARTS) is 1. The summed E-state index contributed by atoms with van der Waals surface area (Å²) in [7, 11) is 0. The molecule has 0 aliphatic carbocycles. The molecule has 3 nitrogen and oxygen atoms in total. The zero-order chi connectivity index (χ0) is 13.8. The molecule has 19 heavy (non-hydrogen) atoms. The molecule has 2 rings (SSSR count). The molecule has 0 bridgehead atoms. The molecule has 1 aromatic rings. The first-order chi connectivity index (χ1) is 9.06. The largest absolute Gasteiger partial charge is 0.481 e. The van der Waals surface area contributed by atoms with E-state index in [0.29, 0.717) is 18.4 Å². The Balaban J connectivity index is 2.00. The molecule has 1 N–H and O–H groups in total. The summed E-state index contributed by atoms with van der Waals surface area (Å²) in [5, 5.41) is 8.91. The van der Waals surface area contributed by atoms with Crippen LogP contribution in [0.25, 0.3) is 0 Å². The zero-order valence-corrected chi connectivity index (χ0v) is 12.8. The van der Waals surface area contributed by atoms with Crippen LogP contribution in [-0.2, 0) is 4.79 Å². The minimum absolute atomic E-state index is 0.295. The van der Waals surface area contributed by atoms with Gasteiger partial charge in [-0.25, -0.2) is 0 Å². The van der Waals surface area contributed by atoms with Crippen LogP contribution in [0.3, 0.4) is 0 Å². The Labute approximate surface area is 122 Å². The summed E-state index contributed by atoms with van der Waals surface area (Å²) in [6, 6.07) is 8.74. The highest BCUT2D eigenvalue weighted by Gasteiger charge is 2.25. The predicted octanol–water partition coefficient (Wildman–Crippen LogP) is 3.70. The van der Waals surface area contributed by atoms with Gasteiger partial charge in [-0.15, -0.1) is 0 Å². The van der Waals surface area contributed by atoms with E-state index < -0.39 is 5.97 Å². The van der Waals surface area contributed by atoms with Crippen LogP contribution < -0.4 is 0 Å². The molecule has 1 fully saturated rings. The molecule has 1 saturated heterocycles. The van der Waals surface area contributed by atoms with Crippen molar-refractivity contribution < 1.29 is 9.90 Å². The van der Waals surface area contributed by atoms with Crippen molar-refractivity contribution in [2.45, 2.75) is 32.2 Å². The molecule has 0 spiro atoms. The highest BCUT2D eigenvalue weighted by molar-refractivity contribution is 9.10. The second-order valence-electron chi connectivity index (χ2n) is 5.33. The van der Waals surface area contributed by atoms with Crippen LogP contribution in [0.15, 0.2) is 28.7 Å². The molecule has 4 heteroatoms. The lowest BCUT2D eigenvalue weighted by Crippen LogP contribution is -2.37. The Kier molecular flexibility index (Phi) is 4.99. The van der Waals surface area contributed by atoms with E-state index >= 15 is 0 Å². The second-order valence-corrected chi connectivity index (χ2v) is 6.24. The molecule has 0 saturated carbocycles. The lowest BCUT2D eigenvalue weighted by atomic mass is 9.93. The number of rotatable bonds is 4. The van der Waals surface area contributed by atoms with E-state index in [4.69, 9.17) is 5.11 Å². The van der Waals surface area contributed by atoms with Gasteiger partial charge in [0.1, 0.15) is 0 Å². The lowest BCUT2D eigenvalue weighted by Gasteiger charge is -2.36. The third kappa shape index (κ3) is 4.05. The number of nitrogens with zero attached hydrogens (tertiary/aromatic N) is 1. The van der Waals surface area contributed by atoms with Crippen molar-refractivity contribution >= 4 is 21.9 Å². The maximum Gasteiger partial charge on any atom is 0.303 e. The number of hydrogen-bond donors (Lipinski definition) is 1. The van der Waals surface area contributed by atoms with E-state index in [2.05, 4.69) is 52.0 Å². The van der Waals surface area contributed by atoms with Crippen molar-refractivity contribution in [2.24, 2.45) is 5.92 Å². The number of halogens is 1. The predicted molar refractivity (Wildman–Crippen MR) is 79.1 cm³/mol. The van der Waals surface area contributed by atoms with Gasteiger partial charge in [-0.1, -0.05) is 28.1 Å². The minimum atomic E-state index is -0.678. The summed E-state index contributed by atoms with van der Waals surface area (Å²) in [6.45, 7) is 4.16. The molecule has 1 aromatic carbocycles. The Bertz CT molecular complexity index is 432. The fourth-order valence-electron chi connectivity index (χ4n) is 2.81. The van der Waals surface area contributed by atoms with E-state index in [1.807, 2.05) is 0 Å². The topological polar surface area (TPSA) is 40.5 Å². The van der Waals surface area contributed by atoms with Crippen LogP contribution in [0.2, 0.25) is 0 Å². The number of likely N-dealkylation sites (tertiary alicyclic amines) is 1. The van der Waals surface area contributed by atoms with Crippen molar-refractivity contribution in [3.8, 4) is 0 Å². The number of benzene rings is 1. The monoisotopic (exact) mass is 325 g/mol. The molecule has 0 amide bonds. The third-order valence-corrected chi connectivity index (χ3v) is 4.44. The van der Waals surface area contributed by atoms with Gasteiger partial charge in [0, 0.05) is 23.5 Å². The van der Waals surface area contributed by atoms with Crippen molar-refractivity contribution in [3.63, 3.8) is 0 Å². The summed E-state index contributed by atoms with van der Waals surface area (Å²) >= 11 is 3.45. The van der Waals surface area contributed by atoms with Gasteiger partial charge in [0.05, 0.1) is 0 Å². The smallest absolute Gasteiger partial charge is 0.303 e. The summed E-state index contributed by atoms with van der Waals surface area (Å²) in [5.41, 5.74) is 1.29. The first kappa shape index (κ1) is 14.5. The fraction of sp³-hybridized carbons (Fsp3) is 0.533. The van der Waals surface area contributed by atoms with E-state index in [9.17, 15) is 4.79 Å². The minimum Gasteiger partial charge on any atom is -0.481 e. The molecule has 0 radical (unpaired) electrons. The summed E-state index contributed by atoms with van der Waals surface area (Å²) in [4.78, 5) is 13.2. The molecule has 2 atom stereocenters. The first-order valence-corrected chi connectivity index (χ1v) is 7.57. The second kappa shape index (κ2) is 6.53. The van der Waals surface area contributed by atoms with Gasteiger partial charge in [-0.05, 0) is 49.9 Å². The average molecular weight is 326 g/mol. The van der Waals surface area contributed by atoms with Crippen molar-refractivity contribution in [1.82, 2.24) is 4.90 Å². The molecular formula is C15H20BrNO2. The van der Waals surface area contributed by atoms with Gasteiger partial charge in [0.25, 0.3) is 0 Å². The molecule has 2 unspecified atom stereocenters. The Morgan fingerprint density at radius 1 is 1.47 bits per heavy atom. The number of aliphatic carboxylic acids is 1. The summed E-state index contributed by atoms with van der Waals surface area (Å²) < 4.78 is 1.09. The van der Waals surface area contributed by atoms with Crippen molar-refractivity contribution in [1.29, 1.82) is 0 Å². The van der Waals surface area contributed by atoms with Gasteiger partial charge in [-0.2, -0.15) is 0 Å². The van der Waals surface area contributed by atoms with Crippen LogP contribution in [0.4, 0.5) is 0 Å². The zero-order valence-electron chi connectivity index (χ0n) is 11.2. The van der Waals surface area contributed by atoms with Crippen LogP contribution in [0, 0.1) is 5.92 Å². The fourth-order valence-corrected chi connectivity index (χ4v) is 3.08. The van der Waals surface area contributed by atoms with Crippen LogP contribution in [0.1, 0.15) is 37.8 Å². The third-order valence-electron chi connectivity index (χ3n) is 3.91. The number of carboxylic acids is 1.